The highest BCUT2D eigenvalue weighted by Gasteiger charge is 2.26. The van der Waals surface area contributed by atoms with Crippen molar-refractivity contribution >= 4 is 47.5 Å². The van der Waals surface area contributed by atoms with Gasteiger partial charge in [-0.1, -0.05) is 24.3 Å². The number of para-hydroxylation sites is 1. The predicted octanol–water partition coefficient (Wildman–Crippen LogP) is 2.73. The van der Waals surface area contributed by atoms with Crippen molar-refractivity contribution in [2.24, 2.45) is 5.92 Å². The molecule has 2 amide bonds. The number of halogens is 2. The molecule has 30 heavy (non-hydrogen) atoms. The minimum absolute atomic E-state index is 0. The number of likely N-dealkylation sites (tertiary alicyclic amines) is 1. The summed E-state index contributed by atoms with van der Waals surface area (Å²) in [7, 11) is 0. The van der Waals surface area contributed by atoms with Crippen LogP contribution in [0.1, 0.15) is 31.2 Å². The SMILES string of the molecule is Cl.Cl.O=C(NCC1CCCN(C(=O)Cc2cccc3cccnc23)C1)C1CCCN1. The molecule has 1 aromatic carbocycles. The number of hydrogen-bond donors (Lipinski definition) is 2. The van der Waals surface area contributed by atoms with Gasteiger partial charge in [0, 0.05) is 31.2 Å². The van der Waals surface area contributed by atoms with E-state index in [4.69, 9.17) is 0 Å². The third-order valence-electron chi connectivity index (χ3n) is 5.87. The number of nitrogens with one attached hydrogen (secondary N) is 2. The number of hydrogen-bond acceptors (Lipinski definition) is 4. The number of piperidine rings is 1. The number of rotatable bonds is 5. The zero-order valence-electron chi connectivity index (χ0n) is 17.0. The first-order chi connectivity index (χ1) is 13.7. The third-order valence-corrected chi connectivity index (χ3v) is 5.87. The number of pyridine rings is 1. The summed E-state index contributed by atoms with van der Waals surface area (Å²) in [5.74, 6) is 0.572. The minimum atomic E-state index is -0.0415. The van der Waals surface area contributed by atoms with Crippen LogP contribution >= 0.6 is 24.8 Å². The van der Waals surface area contributed by atoms with Gasteiger partial charge in [0.15, 0.2) is 0 Å². The third kappa shape index (κ3) is 5.84. The Hall–Kier alpha value is -1.89. The molecular formula is C22H30Cl2N4O2. The Morgan fingerprint density at radius 1 is 1.13 bits per heavy atom. The molecule has 4 rings (SSSR count). The van der Waals surface area contributed by atoms with E-state index in [1.54, 1.807) is 6.20 Å². The molecule has 0 aliphatic carbocycles. The second-order valence-corrected chi connectivity index (χ2v) is 7.91. The molecule has 2 unspecified atom stereocenters. The normalized spacial score (nSPS) is 20.9. The summed E-state index contributed by atoms with van der Waals surface area (Å²) in [5.41, 5.74) is 1.88. The Morgan fingerprint density at radius 3 is 2.77 bits per heavy atom. The first kappa shape index (κ1) is 24.4. The lowest BCUT2D eigenvalue weighted by atomic mass is 9.97. The number of fused-ring (bicyclic) bond motifs is 1. The van der Waals surface area contributed by atoms with E-state index in [0.717, 1.165) is 61.8 Å². The maximum atomic E-state index is 12.9. The Bertz CT molecular complexity index is 853. The highest BCUT2D eigenvalue weighted by molar-refractivity contribution is 5.87. The van der Waals surface area contributed by atoms with Crippen molar-refractivity contribution in [3.63, 3.8) is 0 Å². The van der Waals surface area contributed by atoms with E-state index in [1.165, 1.54) is 0 Å². The number of nitrogens with zero attached hydrogens (tertiary/aromatic N) is 2. The molecule has 2 fully saturated rings. The van der Waals surface area contributed by atoms with Crippen LogP contribution in [0, 0.1) is 5.92 Å². The molecule has 0 saturated carbocycles. The maximum Gasteiger partial charge on any atom is 0.237 e. The molecule has 164 valence electrons. The van der Waals surface area contributed by atoms with Crippen LogP contribution in [0.15, 0.2) is 36.5 Å². The summed E-state index contributed by atoms with van der Waals surface area (Å²) in [6.45, 7) is 3.09. The lowest BCUT2D eigenvalue weighted by Gasteiger charge is -2.33. The van der Waals surface area contributed by atoms with Gasteiger partial charge in [-0.2, -0.15) is 0 Å². The fourth-order valence-corrected chi connectivity index (χ4v) is 4.32. The maximum absolute atomic E-state index is 12.9. The van der Waals surface area contributed by atoms with E-state index in [9.17, 15) is 9.59 Å². The highest BCUT2D eigenvalue weighted by Crippen LogP contribution is 2.20. The van der Waals surface area contributed by atoms with Gasteiger partial charge >= 0.3 is 0 Å². The van der Waals surface area contributed by atoms with Crippen LogP contribution in [-0.2, 0) is 16.0 Å². The molecule has 2 aliphatic heterocycles. The van der Waals surface area contributed by atoms with E-state index >= 15 is 0 Å². The topological polar surface area (TPSA) is 74.3 Å². The van der Waals surface area contributed by atoms with Gasteiger partial charge in [-0.15, -0.1) is 24.8 Å². The molecule has 0 radical (unpaired) electrons. The van der Waals surface area contributed by atoms with Crippen molar-refractivity contribution in [2.45, 2.75) is 38.1 Å². The molecule has 3 heterocycles. The van der Waals surface area contributed by atoms with Gasteiger partial charge in [-0.05, 0) is 49.8 Å². The molecular weight excluding hydrogens is 423 g/mol. The van der Waals surface area contributed by atoms with Crippen molar-refractivity contribution in [1.29, 1.82) is 0 Å². The van der Waals surface area contributed by atoms with Crippen LogP contribution in [0.4, 0.5) is 0 Å². The van der Waals surface area contributed by atoms with Crippen LogP contribution < -0.4 is 10.6 Å². The van der Waals surface area contributed by atoms with Crippen LogP contribution in [-0.4, -0.2) is 53.9 Å². The fraction of sp³-hybridized carbons (Fsp3) is 0.500. The summed E-state index contributed by atoms with van der Waals surface area (Å²) >= 11 is 0. The van der Waals surface area contributed by atoms with Gasteiger partial charge < -0.3 is 15.5 Å². The van der Waals surface area contributed by atoms with Crippen LogP contribution in [0.5, 0.6) is 0 Å². The number of benzene rings is 1. The van der Waals surface area contributed by atoms with E-state index in [2.05, 4.69) is 15.6 Å². The Labute approximate surface area is 190 Å². The van der Waals surface area contributed by atoms with E-state index < -0.39 is 0 Å². The zero-order chi connectivity index (χ0) is 19.3. The van der Waals surface area contributed by atoms with E-state index in [0.29, 0.717) is 18.9 Å². The van der Waals surface area contributed by atoms with E-state index in [1.807, 2.05) is 35.2 Å². The molecule has 8 heteroatoms. The number of amides is 2. The smallest absolute Gasteiger partial charge is 0.237 e. The quantitative estimate of drug-likeness (QED) is 0.730. The Morgan fingerprint density at radius 2 is 1.97 bits per heavy atom. The van der Waals surface area contributed by atoms with Crippen LogP contribution in [0.25, 0.3) is 10.9 Å². The molecule has 0 spiro atoms. The van der Waals surface area contributed by atoms with Gasteiger partial charge in [0.1, 0.15) is 0 Å². The number of carbonyl (C=O) groups is 2. The second-order valence-electron chi connectivity index (χ2n) is 7.91. The number of carbonyl (C=O) groups excluding carboxylic acids is 2. The lowest BCUT2D eigenvalue weighted by molar-refractivity contribution is -0.132. The van der Waals surface area contributed by atoms with Gasteiger partial charge in [0.2, 0.25) is 11.8 Å². The van der Waals surface area contributed by atoms with Crippen molar-refractivity contribution in [2.75, 3.05) is 26.2 Å². The van der Waals surface area contributed by atoms with Crippen molar-refractivity contribution in [3.05, 3.63) is 42.1 Å². The van der Waals surface area contributed by atoms with Gasteiger partial charge in [-0.25, -0.2) is 0 Å². The van der Waals surface area contributed by atoms with Gasteiger partial charge in [-0.3, -0.25) is 14.6 Å². The molecule has 2 N–H and O–H groups in total. The number of aromatic nitrogens is 1. The second kappa shape index (κ2) is 11.5. The van der Waals surface area contributed by atoms with E-state index in [-0.39, 0.29) is 42.7 Å². The minimum Gasteiger partial charge on any atom is -0.354 e. The molecule has 6 nitrogen and oxygen atoms in total. The van der Waals surface area contributed by atoms with Crippen molar-refractivity contribution in [1.82, 2.24) is 20.5 Å². The van der Waals surface area contributed by atoms with Crippen molar-refractivity contribution in [3.8, 4) is 0 Å². The van der Waals surface area contributed by atoms with Crippen LogP contribution in [0.3, 0.4) is 0 Å². The average molecular weight is 453 g/mol. The summed E-state index contributed by atoms with van der Waals surface area (Å²) in [4.78, 5) is 31.5. The summed E-state index contributed by atoms with van der Waals surface area (Å²) in [5, 5.41) is 7.37. The molecule has 2 atom stereocenters. The molecule has 2 aliphatic rings. The lowest BCUT2D eigenvalue weighted by Crippen LogP contribution is -2.47. The molecule has 0 bridgehead atoms. The standard InChI is InChI=1S/C22H28N4O2.2ClH/c27-20(13-18-7-1-6-17-8-2-11-24-21(17)18)26-12-4-5-16(15-26)14-25-22(28)19-9-3-10-23-19;;/h1-2,6-8,11,16,19,23H,3-5,9-10,12-15H2,(H,25,28);2*1H. The zero-order valence-corrected chi connectivity index (χ0v) is 18.6. The largest absolute Gasteiger partial charge is 0.354 e. The molecule has 1 aromatic heterocycles. The van der Waals surface area contributed by atoms with Crippen LogP contribution in [0.2, 0.25) is 0 Å². The average Bonchev–Trinajstić information content (AvgIpc) is 3.27. The van der Waals surface area contributed by atoms with Gasteiger partial charge in [0.25, 0.3) is 0 Å². The first-order valence-corrected chi connectivity index (χ1v) is 10.3. The summed E-state index contributed by atoms with van der Waals surface area (Å²) in [6.07, 6.45) is 6.17. The summed E-state index contributed by atoms with van der Waals surface area (Å²) < 4.78 is 0. The monoisotopic (exact) mass is 452 g/mol. The molecule has 2 saturated heterocycles. The Balaban J connectivity index is 0.00000160. The fourth-order valence-electron chi connectivity index (χ4n) is 4.32. The van der Waals surface area contributed by atoms with Gasteiger partial charge in [0.05, 0.1) is 18.0 Å². The summed E-state index contributed by atoms with van der Waals surface area (Å²) in [6, 6.07) is 9.89. The van der Waals surface area contributed by atoms with Crippen molar-refractivity contribution < 1.29 is 9.59 Å². The molecule has 2 aromatic rings. The highest BCUT2D eigenvalue weighted by atomic mass is 35.5. The predicted molar refractivity (Wildman–Crippen MR) is 123 cm³/mol. The first-order valence-electron chi connectivity index (χ1n) is 10.3. The Kier molecular flexibility index (Phi) is 9.34.